The van der Waals surface area contributed by atoms with E-state index in [9.17, 15) is 0 Å². The molecule has 0 spiro atoms. The minimum absolute atomic E-state index is 0.715. The topological polar surface area (TPSA) is 50.9 Å². The molecule has 3 heteroatoms. The molecule has 3 rings (SSSR count). The zero-order valence-corrected chi connectivity index (χ0v) is 11.9. The zero-order chi connectivity index (χ0) is 13.9. The highest BCUT2D eigenvalue weighted by Crippen LogP contribution is 2.23. The summed E-state index contributed by atoms with van der Waals surface area (Å²) in [5.41, 5.74) is 12.0. The molecule has 1 aliphatic rings. The first kappa shape index (κ1) is 13.0. The summed E-state index contributed by atoms with van der Waals surface area (Å²) in [5.74, 6) is 0.931. The van der Waals surface area contributed by atoms with Crippen LogP contribution in [0.3, 0.4) is 0 Å². The van der Waals surface area contributed by atoms with E-state index in [0.29, 0.717) is 5.69 Å². The van der Waals surface area contributed by atoms with Crippen LogP contribution in [-0.4, -0.2) is 11.5 Å². The molecule has 0 amide bonds. The van der Waals surface area contributed by atoms with Crippen molar-refractivity contribution in [1.82, 2.24) is 4.98 Å². The second-order valence-electron chi connectivity index (χ2n) is 5.57. The molecule has 1 aromatic carbocycles. The van der Waals surface area contributed by atoms with Gasteiger partial charge in [0.1, 0.15) is 5.82 Å². The third-order valence-electron chi connectivity index (χ3n) is 3.97. The highest BCUT2D eigenvalue weighted by Gasteiger charge is 2.10. The van der Waals surface area contributed by atoms with Crippen molar-refractivity contribution < 1.29 is 0 Å². The summed E-state index contributed by atoms with van der Waals surface area (Å²) in [6.45, 7) is 2.93. The number of nitrogens with one attached hydrogen (secondary N) is 1. The zero-order valence-electron chi connectivity index (χ0n) is 11.9. The third kappa shape index (κ3) is 2.77. The Balaban J connectivity index is 1.60. The van der Waals surface area contributed by atoms with Crippen LogP contribution in [0.4, 0.5) is 11.5 Å². The lowest BCUT2D eigenvalue weighted by Gasteiger charge is -2.10. The van der Waals surface area contributed by atoms with E-state index in [1.54, 1.807) is 11.8 Å². The van der Waals surface area contributed by atoms with Crippen LogP contribution >= 0.6 is 0 Å². The summed E-state index contributed by atoms with van der Waals surface area (Å²) < 4.78 is 0. The van der Waals surface area contributed by atoms with E-state index >= 15 is 0 Å². The quantitative estimate of drug-likeness (QED) is 0.895. The monoisotopic (exact) mass is 267 g/mol. The molecule has 20 heavy (non-hydrogen) atoms. The molecule has 0 atom stereocenters. The highest BCUT2D eigenvalue weighted by molar-refractivity contribution is 5.50. The van der Waals surface area contributed by atoms with Crippen LogP contribution in [0.15, 0.2) is 30.5 Å². The molecule has 3 nitrogen and oxygen atoms in total. The Morgan fingerprint density at radius 1 is 1.20 bits per heavy atom. The first-order valence-electron chi connectivity index (χ1n) is 7.29. The van der Waals surface area contributed by atoms with Crippen molar-refractivity contribution in [3.8, 4) is 0 Å². The number of nitrogens with two attached hydrogens (primary N) is 1. The maximum Gasteiger partial charge on any atom is 0.129 e. The number of aromatic nitrogens is 1. The third-order valence-corrected chi connectivity index (χ3v) is 3.97. The minimum atomic E-state index is 0.715. The number of nitrogen functional groups attached to an aromatic ring is 1. The maximum atomic E-state index is 5.71. The van der Waals surface area contributed by atoms with Gasteiger partial charge in [-0.25, -0.2) is 4.98 Å². The van der Waals surface area contributed by atoms with Gasteiger partial charge in [0.25, 0.3) is 0 Å². The number of nitrogens with zero attached hydrogens (tertiary/aromatic N) is 1. The molecule has 0 unspecified atom stereocenters. The molecule has 0 fully saturated rings. The molecule has 0 radical (unpaired) electrons. The van der Waals surface area contributed by atoms with Gasteiger partial charge in [0.05, 0.1) is 11.9 Å². The van der Waals surface area contributed by atoms with Crippen LogP contribution in [0.2, 0.25) is 0 Å². The molecule has 0 bridgehead atoms. The van der Waals surface area contributed by atoms with E-state index in [-0.39, 0.29) is 0 Å². The van der Waals surface area contributed by atoms with Crippen LogP contribution < -0.4 is 11.1 Å². The molecule has 0 aliphatic heterocycles. The fraction of sp³-hybridized carbons (Fsp3) is 0.353. The Labute approximate surface area is 120 Å². The lowest BCUT2D eigenvalue weighted by Crippen LogP contribution is -2.08. The van der Waals surface area contributed by atoms with Crippen LogP contribution in [0.1, 0.15) is 28.7 Å². The predicted molar refractivity (Wildman–Crippen MR) is 84.0 cm³/mol. The first-order chi connectivity index (χ1) is 9.72. The van der Waals surface area contributed by atoms with Gasteiger partial charge in [0.2, 0.25) is 0 Å². The average Bonchev–Trinajstić information content (AvgIpc) is 2.89. The van der Waals surface area contributed by atoms with Gasteiger partial charge in [0.15, 0.2) is 0 Å². The van der Waals surface area contributed by atoms with E-state index in [2.05, 4.69) is 28.5 Å². The normalized spacial score (nSPS) is 13.2. The van der Waals surface area contributed by atoms with Crippen molar-refractivity contribution in [3.63, 3.8) is 0 Å². The summed E-state index contributed by atoms with van der Waals surface area (Å²) in [7, 11) is 0. The molecular weight excluding hydrogens is 246 g/mol. The number of hydrogen-bond donors (Lipinski definition) is 2. The van der Waals surface area contributed by atoms with Gasteiger partial charge in [-0.15, -0.1) is 0 Å². The van der Waals surface area contributed by atoms with E-state index in [1.807, 2.05) is 13.0 Å². The van der Waals surface area contributed by atoms with Gasteiger partial charge in [-0.05, 0) is 60.9 Å². The molecule has 1 heterocycles. The van der Waals surface area contributed by atoms with Crippen LogP contribution in [-0.2, 0) is 19.3 Å². The number of rotatable bonds is 4. The Hall–Kier alpha value is -2.03. The summed E-state index contributed by atoms with van der Waals surface area (Å²) in [6, 6.07) is 8.87. The SMILES string of the molecule is Cc1cc(N)cnc1NCCc1ccc2c(c1)CCC2. The molecule has 0 saturated heterocycles. The number of hydrogen-bond acceptors (Lipinski definition) is 3. The summed E-state index contributed by atoms with van der Waals surface area (Å²) >= 11 is 0. The standard InChI is InChI=1S/C17H21N3/c1-12-9-16(18)11-20-17(12)19-8-7-13-5-6-14-3-2-4-15(14)10-13/h5-6,9-11H,2-4,7-8,18H2,1H3,(H,19,20). The van der Waals surface area contributed by atoms with Crippen LogP contribution in [0, 0.1) is 6.92 Å². The molecular formula is C17H21N3. The van der Waals surface area contributed by atoms with Crippen LogP contribution in [0.5, 0.6) is 0 Å². The van der Waals surface area contributed by atoms with Gasteiger partial charge in [0, 0.05) is 6.54 Å². The first-order valence-corrected chi connectivity index (χ1v) is 7.29. The number of fused-ring (bicyclic) bond motifs is 1. The van der Waals surface area contributed by atoms with E-state index < -0.39 is 0 Å². The second kappa shape index (κ2) is 5.53. The smallest absolute Gasteiger partial charge is 0.129 e. The average molecular weight is 267 g/mol. The number of pyridine rings is 1. The predicted octanol–water partition coefficient (Wildman–Crippen LogP) is 3.12. The Morgan fingerprint density at radius 3 is 2.90 bits per heavy atom. The fourth-order valence-electron chi connectivity index (χ4n) is 2.89. The second-order valence-corrected chi connectivity index (χ2v) is 5.57. The van der Waals surface area contributed by atoms with Crippen molar-refractivity contribution in [2.45, 2.75) is 32.6 Å². The van der Waals surface area contributed by atoms with E-state index in [4.69, 9.17) is 5.73 Å². The van der Waals surface area contributed by atoms with Gasteiger partial charge < -0.3 is 11.1 Å². The van der Waals surface area contributed by atoms with Crippen molar-refractivity contribution in [2.24, 2.45) is 0 Å². The van der Waals surface area contributed by atoms with Crippen LogP contribution in [0.25, 0.3) is 0 Å². The molecule has 1 aliphatic carbocycles. The van der Waals surface area contributed by atoms with Gasteiger partial charge >= 0.3 is 0 Å². The molecule has 0 saturated carbocycles. The highest BCUT2D eigenvalue weighted by atomic mass is 15.0. The van der Waals surface area contributed by atoms with Crippen molar-refractivity contribution in [2.75, 3.05) is 17.6 Å². The largest absolute Gasteiger partial charge is 0.397 e. The number of benzene rings is 1. The Bertz CT molecular complexity index is 620. The fourth-order valence-corrected chi connectivity index (χ4v) is 2.89. The summed E-state index contributed by atoms with van der Waals surface area (Å²) in [5, 5.41) is 3.39. The van der Waals surface area contributed by atoms with E-state index in [1.165, 1.54) is 30.4 Å². The van der Waals surface area contributed by atoms with Gasteiger partial charge in [-0.3, -0.25) is 0 Å². The van der Waals surface area contributed by atoms with E-state index in [0.717, 1.165) is 24.3 Å². The lowest BCUT2D eigenvalue weighted by atomic mass is 10.0. The van der Waals surface area contributed by atoms with Gasteiger partial charge in [-0.2, -0.15) is 0 Å². The van der Waals surface area contributed by atoms with Crippen molar-refractivity contribution in [1.29, 1.82) is 0 Å². The maximum absolute atomic E-state index is 5.71. The van der Waals surface area contributed by atoms with Crippen molar-refractivity contribution >= 4 is 11.5 Å². The Kier molecular flexibility index (Phi) is 3.59. The Morgan fingerprint density at radius 2 is 2.05 bits per heavy atom. The molecule has 2 aromatic rings. The lowest BCUT2D eigenvalue weighted by molar-refractivity contribution is 0.911. The molecule has 3 N–H and O–H groups in total. The molecule has 104 valence electrons. The number of anilines is 2. The minimum Gasteiger partial charge on any atom is -0.397 e. The summed E-state index contributed by atoms with van der Waals surface area (Å²) in [4.78, 5) is 4.33. The number of aryl methyl sites for hydroxylation is 3. The van der Waals surface area contributed by atoms with Gasteiger partial charge in [-0.1, -0.05) is 18.2 Å². The summed E-state index contributed by atoms with van der Waals surface area (Å²) in [6.07, 6.45) is 6.53. The van der Waals surface area contributed by atoms with Crippen molar-refractivity contribution in [3.05, 3.63) is 52.7 Å². The molecule has 1 aromatic heterocycles.